The molecule has 0 saturated carbocycles. The van der Waals surface area contributed by atoms with Gasteiger partial charge in [-0.2, -0.15) is 5.06 Å². The SMILES string of the molecule is O=C(O)C1ON2CCc3c(c(=O)c4cccnc4n3-c3cccc(Cl)c3)[C@@H]2[C@H]1C(=O)O. The first-order valence-electron chi connectivity index (χ1n) is 9.56. The molecule has 2 aliphatic rings. The number of carboxylic acid groups (broad SMARTS) is 2. The van der Waals surface area contributed by atoms with Crippen molar-refractivity contribution >= 4 is 34.6 Å². The van der Waals surface area contributed by atoms with Crippen molar-refractivity contribution in [3.05, 3.63) is 69.1 Å². The highest BCUT2D eigenvalue weighted by molar-refractivity contribution is 6.30. The van der Waals surface area contributed by atoms with E-state index in [2.05, 4.69) is 4.98 Å². The molecule has 2 aliphatic heterocycles. The molecule has 2 aromatic heterocycles. The molecule has 1 aromatic carbocycles. The highest BCUT2D eigenvalue weighted by Crippen LogP contribution is 2.43. The Hall–Kier alpha value is -3.27. The lowest BCUT2D eigenvalue weighted by atomic mass is 9.85. The minimum Gasteiger partial charge on any atom is -0.481 e. The van der Waals surface area contributed by atoms with Crippen molar-refractivity contribution in [3.8, 4) is 5.69 Å². The topological polar surface area (TPSA) is 122 Å². The largest absolute Gasteiger partial charge is 0.481 e. The van der Waals surface area contributed by atoms with Gasteiger partial charge < -0.3 is 10.2 Å². The maximum atomic E-state index is 13.5. The first-order valence-corrected chi connectivity index (χ1v) is 9.93. The van der Waals surface area contributed by atoms with Gasteiger partial charge in [0.05, 0.1) is 11.4 Å². The summed E-state index contributed by atoms with van der Waals surface area (Å²) in [4.78, 5) is 47.1. The Morgan fingerprint density at radius 1 is 1.16 bits per heavy atom. The molecule has 10 heteroatoms. The van der Waals surface area contributed by atoms with Crippen LogP contribution in [0.5, 0.6) is 0 Å². The molecule has 1 fully saturated rings. The van der Waals surface area contributed by atoms with Gasteiger partial charge in [0.15, 0.2) is 11.5 Å². The molecular formula is C21H16ClN3O6. The first-order chi connectivity index (χ1) is 14.9. The van der Waals surface area contributed by atoms with E-state index in [4.69, 9.17) is 16.4 Å². The Balaban J connectivity index is 1.85. The van der Waals surface area contributed by atoms with Gasteiger partial charge >= 0.3 is 11.9 Å². The van der Waals surface area contributed by atoms with Gasteiger partial charge in [-0.1, -0.05) is 17.7 Å². The van der Waals surface area contributed by atoms with Crippen LogP contribution in [0.1, 0.15) is 17.3 Å². The molecule has 0 bridgehead atoms. The summed E-state index contributed by atoms with van der Waals surface area (Å²) in [6.07, 6.45) is 0.319. The van der Waals surface area contributed by atoms with Gasteiger partial charge in [-0.15, -0.1) is 0 Å². The first kappa shape index (κ1) is 19.7. The summed E-state index contributed by atoms with van der Waals surface area (Å²) in [7, 11) is 0. The summed E-state index contributed by atoms with van der Waals surface area (Å²) in [5.74, 6) is -4.17. The van der Waals surface area contributed by atoms with Gasteiger partial charge in [0, 0.05) is 41.1 Å². The normalized spacial score (nSPS) is 22.8. The smallest absolute Gasteiger partial charge is 0.335 e. The van der Waals surface area contributed by atoms with Gasteiger partial charge in [-0.25, -0.2) is 9.78 Å². The van der Waals surface area contributed by atoms with E-state index in [0.717, 1.165) is 0 Å². The van der Waals surface area contributed by atoms with E-state index in [1.54, 1.807) is 41.1 Å². The maximum absolute atomic E-state index is 13.5. The fourth-order valence-electron chi connectivity index (χ4n) is 4.54. The number of carbonyl (C=O) groups is 2. The summed E-state index contributed by atoms with van der Waals surface area (Å²) in [5, 5.41) is 21.4. The predicted octanol–water partition coefficient (Wildman–Crippen LogP) is 2.04. The van der Waals surface area contributed by atoms with Gasteiger partial charge in [-0.3, -0.25) is 19.0 Å². The van der Waals surface area contributed by atoms with E-state index in [0.29, 0.717) is 33.9 Å². The van der Waals surface area contributed by atoms with E-state index >= 15 is 0 Å². The van der Waals surface area contributed by atoms with Crippen molar-refractivity contribution in [1.82, 2.24) is 14.6 Å². The van der Waals surface area contributed by atoms with Crippen LogP contribution in [-0.2, 0) is 20.8 Å². The third-order valence-electron chi connectivity index (χ3n) is 5.75. The number of hydrogen-bond donors (Lipinski definition) is 2. The summed E-state index contributed by atoms with van der Waals surface area (Å²) in [6, 6.07) is 9.24. The van der Waals surface area contributed by atoms with E-state index in [9.17, 15) is 24.6 Å². The number of aliphatic carboxylic acids is 2. The fraction of sp³-hybridized carbons (Fsp3) is 0.238. The fourth-order valence-corrected chi connectivity index (χ4v) is 4.72. The molecule has 1 saturated heterocycles. The average Bonchev–Trinajstić information content (AvgIpc) is 3.14. The molecule has 0 amide bonds. The number of halogens is 1. The standard InChI is InChI=1S/C21H16ClN3O6/c22-10-3-1-4-11(9-10)25-13-6-8-24-16(15(20(27)28)18(31-24)21(29)30)14(13)17(26)12-5-2-7-23-19(12)25/h1-5,7,9,15-16,18H,6,8H2,(H,27,28)(H,29,30)/t15-,16-,18?/m1/s1. The number of carboxylic acids is 2. The molecule has 4 heterocycles. The van der Waals surface area contributed by atoms with Crippen LogP contribution in [0, 0.1) is 5.92 Å². The zero-order valence-corrected chi connectivity index (χ0v) is 16.7. The van der Waals surface area contributed by atoms with Crippen LogP contribution < -0.4 is 5.43 Å². The molecule has 9 nitrogen and oxygen atoms in total. The minimum atomic E-state index is -1.59. The van der Waals surface area contributed by atoms with Gasteiger partial charge in [0.2, 0.25) is 0 Å². The monoisotopic (exact) mass is 441 g/mol. The number of hydroxylamine groups is 2. The lowest BCUT2D eigenvalue weighted by Gasteiger charge is -2.33. The highest BCUT2D eigenvalue weighted by Gasteiger charge is 2.55. The molecule has 3 atom stereocenters. The molecule has 0 aliphatic carbocycles. The van der Waals surface area contributed by atoms with Crippen LogP contribution in [0.3, 0.4) is 0 Å². The van der Waals surface area contributed by atoms with Crippen molar-refractivity contribution < 1.29 is 24.6 Å². The van der Waals surface area contributed by atoms with Crippen LogP contribution in [0.15, 0.2) is 47.4 Å². The Morgan fingerprint density at radius 2 is 1.97 bits per heavy atom. The summed E-state index contributed by atoms with van der Waals surface area (Å²) in [5.41, 5.74) is 1.49. The van der Waals surface area contributed by atoms with E-state index < -0.39 is 30.0 Å². The second-order valence-electron chi connectivity index (χ2n) is 7.44. The van der Waals surface area contributed by atoms with E-state index in [1.165, 1.54) is 5.06 Å². The van der Waals surface area contributed by atoms with Crippen molar-refractivity contribution in [3.63, 3.8) is 0 Å². The molecular weight excluding hydrogens is 426 g/mol. The molecule has 0 spiro atoms. The van der Waals surface area contributed by atoms with Crippen LogP contribution >= 0.6 is 11.6 Å². The third-order valence-corrected chi connectivity index (χ3v) is 5.99. The Labute approximate surface area is 180 Å². The number of pyridine rings is 2. The second-order valence-corrected chi connectivity index (χ2v) is 7.88. The maximum Gasteiger partial charge on any atom is 0.335 e. The molecule has 31 heavy (non-hydrogen) atoms. The number of fused-ring (bicyclic) bond motifs is 4. The predicted molar refractivity (Wildman–Crippen MR) is 109 cm³/mol. The van der Waals surface area contributed by atoms with Crippen LogP contribution in [0.25, 0.3) is 16.7 Å². The lowest BCUT2D eigenvalue weighted by Crippen LogP contribution is -2.40. The van der Waals surface area contributed by atoms with Crippen LogP contribution in [0.2, 0.25) is 5.02 Å². The summed E-state index contributed by atoms with van der Waals surface area (Å²) in [6.45, 7) is 0.226. The third kappa shape index (κ3) is 2.93. The van der Waals surface area contributed by atoms with Crippen molar-refractivity contribution in [2.75, 3.05) is 6.54 Å². The van der Waals surface area contributed by atoms with Crippen LogP contribution in [-0.4, -0.2) is 49.4 Å². The summed E-state index contributed by atoms with van der Waals surface area (Å²) >= 11 is 6.20. The minimum absolute atomic E-state index is 0.211. The average molecular weight is 442 g/mol. The van der Waals surface area contributed by atoms with Crippen LogP contribution in [0.4, 0.5) is 0 Å². The van der Waals surface area contributed by atoms with Gasteiger partial charge in [0.1, 0.15) is 11.6 Å². The number of rotatable bonds is 3. The zero-order valence-electron chi connectivity index (χ0n) is 15.9. The van der Waals surface area contributed by atoms with E-state index in [1.807, 2.05) is 6.07 Å². The molecule has 2 N–H and O–H groups in total. The molecule has 0 radical (unpaired) electrons. The Kier molecular flexibility index (Phi) is 4.54. The highest BCUT2D eigenvalue weighted by atomic mass is 35.5. The number of hydrogen-bond acceptors (Lipinski definition) is 6. The molecule has 3 aromatic rings. The number of nitrogens with zero attached hydrogens (tertiary/aromatic N) is 3. The Morgan fingerprint density at radius 3 is 2.68 bits per heavy atom. The number of aromatic nitrogens is 2. The van der Waals surface area contributed by atoms with E-state index in [-0.39, 0.29) is 17.5 Å². The lowest BCUT2D eigenvalue weighted by molar-refractivity contribution is -0.188. The molecule has 1 unspecified atom stereocenters. The summed E-state index contributed by atoms with van der Waals surface area (Å²) < 4.78 is 1.79. The van der Waals surface area contributed by atoms with Gasteiger partial charge in [0.25, 0.3) is 0 Å². The van der Waals surface area contributed by atoms with Gasteiger partial charge in [-0.05, 0) is 30.3 Å². The number of benzene rings is 1. The second kappa shape index (κ2) is 7.16. The van der Waals surface area contributed by atoms with Crippen molar-refractivity contribution in [2.45, 2.75) is 18.6 Å². The van der Waals surface area contributed by atoms with Crippen molar-refractivity contribution in [2.24, 2.45) is 5.92 Å². The molecule has 158 valence electrons. The van der Waals surface area contributed by atoms with Crippen molar-refractivity contribution in [1.29, 1.82) is 0 Å². The quantitative estimate of drug-likeness (QED) is 0.633. The zero-order chi connectivity index (χ0) is 21.9. The Bertz CT molecular complexity index is 1310. The molecule has 5 rings (SSSR count).